The van der Waals surface area contributed by atoms with Gasteiger partial charge in [-0.15, -0.1) is 0 Å². The first-order chi connectivity index (χ1) is 13.2. The Morgan fingerprint density at radius 3 is 2.22 bits per heavy atom. The topological polar surface area (TPSA) is 42.9 Å². The first kappa shape index (κ1) is 19.7. The lowest BCUT2D eigenvalue weighted by Crippen LogP contribution is -2.29. The van der Waals surface area contributed by atoms with Gasteiger partial charge in [0.15, 0.2) is 11.6 Å². The molecule has 2 aromatic rings. The van der Waals surface area contributed by atoms with Gasteiger partial charge in [-0.1, -0.05) is 76.6 Å². The summed E-state index contributed by atoms with van der Waals surface area (Å²) in [5.41, 5.74) is 3.33. The molecule has 0 N–H and O–H groups in total. The highest BCUT2D eigenvalue weighted by Gasteiger charge is 2.33. The normalized spacial score (nSPS) is 16.2. The smallest absolute Gasteiger partial charge is 0.162 e. The molecule has 3 rings (SSSR count). The zero-order chi connectivity index (χ0) is 19.1. The molecule has 3 nitrogen and oxygen atoms in total. The third-order valence-corrected chi connectivity index (χ3v) is 6.12. The Bertz CT molecular complexity index is 728. The number of aromatic nitrogens is 2. The zero-order valence-electron chi connectivity index (χ0n) is 16.8. The third kappa shape index (κ3) is 4.63. The van der Waals surface area contributed by atoms with Crippen molar-refractivity contribution in [3.8, 4) is 11.4 Å². The second-order valence-corrected chi connectivity index (χ2v) is 7.95. The van der Waals surface area contributed by atoms with Gasteiger partial charge >= 0.3 is 0 Å². The predicted octanol–water partition coefficient (Wildman–Crippen LogP) is 6.52. The molecule has 0 atom stereocenters. The van der Waals surface area contributed by atoms with Gasteiger partial charge < -0.3 is 0 Å². The van der Waals surface area contributed by atoms with Gasteiger partial charge in [0.25, 0.3) is 0 Å². The molecule has 0 unspecified atom stereocenters. The summed E-state index contributed by atoms with van der Waals surface area (Å²) >= 11 is 0. The van der Waals surface area contributed by atoms with Crippen LogP contribution < -0.4 is 0 Å². The van der Waals surface area contributed by atoms with Gasteiger partial charge in [-0.25, -0.2) is 9.97 Å². The van der Waals surface area contributed by atoms with Crippen LogP contribution in [0.15, 0.2) is 36.7 Å². The fraction of sp³-hybridized carbons (Fsp3) is 0.542. The Morgan fingerprint density at radius 1 is 0.963 bits per heavy atom. The average Bonchev–Trinajstić information content (AvgIpc) is 2.74. The number of benzene rings is 1. The van der Waals surface area contributed by atoms with Crippen molar-refractivity contribution in [2.45, 2.75) is 83.5 Å². The van der Waals surface area contributed by atoms with E-state index < -0.39 is 0 Å². The summed E-state index contributed by atoms with van der Waals surface area (Å²) in [5, 5.41) is 0. The van der Waals surface area contributed by atoms with Crippen molar-refractivity contribution in [3.63, 3.8) is 0 Å². The van der Waals surface area contributed by atoms with Gasteiger partial charge in [-0.2, -0.15) is 0 Å². The zero-order valence-corrected chi connectivity index (χ0v) is 16.8. The van der Waals surface area contributed by atoms with Gasteiger partial charge in [0, 0.05) is 29.9 Å². The molecule has 0 saturated heterocycles. The van der Waals surface area contributed by atoms with Crippen LogP contribution in [0.25, 0.3) is 11.4 Å². The van der Waals surface area contributed by atoms with E-state index in [9.17, 15) is 4.79 Å². The predicted molar refractivity (Wildman–Crippen MR) is 111 cm³/mol. The number of Topliss-reactive ketones (excluding diaryl/α,β-unsaturated/α-hetero) is 1. The first-order valence-electron chi connectivity index (χ1n) is 10.6. The molecule has 1 fully saturated rings. The minimum atomic E-state index is 0.170. The van der Waals surface area contributed by atoms with Crippen molar-refractivity contribution in [2.75, 3.05) is 0 Å². The van der Waals surface area contributed by atoms with E-state index in [1.807, 2.05) is 31.2 Å². The van der Waals surface area contributed by atoms with Crippen molar-refractivity contribution >= 4 is 5.78 Å². The lowest BCUT2D eigenvalue weighted by Gasteiger charge is -2.37. The van der Waals surface area contributed by atoms with E-state index in [0.29, 0.717) is 6.42 Å². The van der Waals surface area contributed by atoms with Crippen molar-refractivity contribution in [2.24, 2.45) is 0 Å². The van der Waals surface area contributed by atoms with Gasteiger partial charge in [0.05, 0.1) is 0 Å². The molecule has 1 saturated carbocycles. The Morgan fingerprint density at radius 2 is 1.63 bits per heavy atom. The molecule has 1 heterocycles. The maximum Gasteiger partial charge on any atom is 0.162 e. The largest absolute Gasteiger partial charge is 0.294 e. The highest BCUT2D eigenvalue weighted by molar-refractivity contribution is 5.96. The molecular formula is C24H32N2O. The van der Waals surface area contributed by atoms with Crippen LogP contribution >= 0.6 is 0 Å². The van der Waals surface area contributed by atoms with Crippen molar-refractivity contribution < 1.29 is 4.79 Å². The standard InChI is InChI=1S/C24H32N2O/c1-3-5-7-14-24(15-8-6-9-16-24)21-17-25-23(26-18-21)20-12-10-19(11-13-20)22(27)4-2/h10-13,17-18H,3-9,14-16H2,1-2H3. The number of hydrogen-bond acceptors (Lipinski definition) is 3. The molecule has 1 aromatic heterocycles. The van der Waals surface area contributed by atoms with Gasteiger partial charge in [0.2, 0.25) is 0 Å². The van der Waals surface area contributed by atoms with E-state index in [0.717, 1.165) is 17.0 Å². The monoisotopic (exact) mass is 364 g/mol. The highest BCUT2D eigenvalue weighted by Crippen LogP contribution is 2.43. The minimum absolute atomic E-state index is 0.170. The minimum Gasteiger partial charge on any atom is -0.294 e. The summed E-state index contributed by atoms with van der Waals surface area (Å²) in [4.78, 5) is 21.2. The van der Waals surface area contributed by atoms with Crippen LogP contribution in [0.4, 0.5) is 0 Å². The summed E-state index contributed by atoms with van der Waals surface area (Å²) in [5.74, 6) is 0.915. The Kier molecular flexibility index (Phi) is 6.76. The number of hydrogen-bond donors (Lipinski definition) is 0. The Balaban J connectivity index is 1.79. The van der Waals surface area contributed by atoms with Crippen LogP contribution in [0.2, 0.25) is 0 Å². The second-order valence-electron chi connectivity index (χ2n) is 7.95. The molecule has 144 valence electrons. The highest BCUT2D eigenvalue weighted by atomic mass is 16.1. The molecule has 1 aromatic carbocycles. The first-order valence-corrected chi connectivity index (χ1v) is 10.6. The molecule has 0 amide bonds. The number of nitrogens with zero attached hydrogens (tertiary/aromatic N) is 2. The average molecular weight is 365 g/mol. The van der Waals surface area contributed by atoms with Crippen molar-refractivity contribution in [1.82, 2.24) is 9.97 Å². The molecular weight excluding hydrogens is 332 g/mol. The van der Waals surface area contributed by atoms with Crippen LogP contribution in [0.5, 0.6) is 0 Å². The van der Waals surface area contributed by atoms with Crippen LogP contribution in [-0.2, 0) is 5.41 Å². The Labute approximate surface area is 163 Å². The van der Waals surface area contributed by atoms with Gasteiger partial charge in [0.1, 0.15) is 0 Å². The summed E-state index contributed by atoms with van der Waals surface area (Å²) in [6.45, 7) is 4.16. The van der Waals surface area contributed by atoms with E-state index in [2.05, 4.69) is 19.3 Å². The molecule has 0 spiro atoms. The fourth-order valence-corrected chi connectivity index (χ4v) is 4.39. The third-order valence-electron chi connectivity index (χ3n) is 6.12. The summed E-state index contributed by atoms with van der Waals surface area (Å²) in [6.07, 6.45) is 16.3. The number of rotatable bonds is 8. The number of unbranched alkanes of at least 4 members (excludes halogenated alkanes) is 2. The van der Waals surface area contributed by atoms with Crippen LogP contribution in [0, 0.1) is 0 Å². The molecule has 1 aliphatic carbocycles. The maximum atomic E-state index is 11.8. The lowest BCUT2D eigenvalue weighted by atomic mass is 9.67. The number of ketones is 1. The summed E-state index contributed by atoms with van der Waals surface area (Å²) in [6, 6.07) is 7.67. The summed E-state index contributed by atoms with van der Waals surface area (Å²) in [7, 11) is 0. The van der Waals surface area contributed by atoms with E-state index in [-0.39, 0.29) is 11.2 Å². The van der Waals surface area contributed by atoms with E-state index in [1.165, 1.54) is 63.4 Å². The fourth-order valence-electron chi connectivity index (χ4n) is 4.39. The van der Waals surface area contributed by atoms with E-state index in [4.69, 9.17) is 9.97 Å². The maximum absolute atomic E-state index is 11.8. The van der Waals surface area contributed by atoms with E-state index >= 15 is 0 Å². The van der Waals surface area contributed by atoms with Crippen LogP contribution in [0.3, 0.4) is 0 Å². The molecule has 27 heavy (non-hydrogen) atoms. The Hall–Kier alpha value is -2.03. The molecule has 0 bridgehead atoms. The lowest BCUT2D eigenvalue weighted by molar-refractivity contribution is 0.0988. The second kappa shape index (κ2) is 9.25. The van der Waals surface area contributed by atoms with Crippen LogP contribution in [0.1, 0.15) is 94.0 Å². The quantitative estimate of drug-likeness (QED) is 0.395. The number of carbonyl (C=O) groups excluding carboxylic acids is 1. The molecule has 0 aliphatic heterocycles. The van der Waals surface area contributed by atoms with Crippen molar-refractivity contribution in [1.29, 1.82) is 0 Å². The van der Waals surface area contributed by atoms with Crippen LogP contribution in [-0.4, -0.2) is 15.8 Å². The van der Waals surface area contributed by atoms with Gasteiger partial charge in [-0.05, 0) is 30.2 Å². The number of carbonyl (C=O) groups is 1. The summed E-state index contributed by atoms with van der Waals surface area (Å²) < 4.78 is 0. The SMILES string of the molecule is CCCCCC1(c2cnc(-c3ccc(C(=O)CC)cc3)nc2)CCCCC1. The molecule has 1 aliphatic rings. The van der Waals surface area contributed by atoms with Crippen molar-refractivity contribution in [3.05, 3.63) is 47.8 Å². The van der Waals surface area contributed by atoms with E-state index in [1.54, 1.807) is 0 Å². The molecule has 0 radical (unpaired) electrons. The molecule has 3 heteroatoms. The van der Waals surface area contributed by atoms with Gasteiger partial charge in [-0.3, -0.25) is 4.79 Å².